The zero-order chi connectivity index (χ0) is 19.3. The lowest BCUT2D eigenvalue weighted by atomic mass is 9.77. The summed E-state index contributed by atoms with van der Waals surface area (Å²) >= 11 is 4.28. The van der Waals surface area contributed by atoms with Crippen LogP contribution in [0, 0.1) is 17.2 Å². The normalized spacial score (nSPS) is 19.2. The Hall–Kier alpha value is -2.85. The average Bonchev–Trinajstić information content (AvgIpc) is 2.65. The summed E-state index contributed by atoms with van der Waals surface area (Å²) in [6.45, 7) is 5.29. The highest BCUT2D eigenvalue weighted by atomic mass is 32.1. The molecule has 1 aromatic rings. The summed E-state index contributed by atoms with van der Waals surface area (Å²) in [4.78, 5) is 28.4. The molecule has 0 N–H and O–H groups in total. The minimum Gasteiger partial charge on any atom is -0.465 e. The third kappa shape index (κ3) is 3.86. The number of aliphatic imine (C=N–C) groups is 1. The van der Waals surface area contributed by atoms with Gasteiger partial charge in [0, 0.05) is 11.6 Å². The smallest absolute Gasteiger partial charge is 0.337 e. The number of ether oxygens (including phenoxy) is 2. The van der Waals surface area contributed by atoms with Crippen molar-refractivity contribution in [1.29, 1.82) is 5.26 Å². The van der Waals surface area contributed by atoms with Crippen LogP contribution in [0.15, 0.2) is 52.5 Å². The highest BCUT2D eigenvalue weighted by molar-refractivity contribution is 7.84. The molecule has 0 fully saturated rings. The third-order valence-corrected chi connectivity index (χ3v) is 4.37. The van der Waals surface area contributed by atoms with E-state index in [1.807, 2.05) is 0 Å². The molecule has 0 spiro atoms. The Kier molecular flexibility index (Phi) is 6.36. The molecule has 0 radical (unpaired) electrons. The van der Waals surface area contributed by atoms with E-state index < -0.39 is 23.8 Å². The van der Waals surface area contributed by atoms with E-state index in [2.05, 4.69) is 35.0 Å². The molecule has 7 heteroatoms. The van der Waals surface area contributed by atoms with E-state index in [1.165, 1.54) is 13.2 Å². The van der Waals surface area contributed by atoms with Crippen LogP contribution in [0.4, 0.5) is 0 Å². The van der Waals surface area contributed by atoms with Crippen LogP contribution in [0.2, 0.25) is 0 Å². The number of allylic oxidation sites excluding steroid dienone is 1. The van der Waals surface area contributed by atoms with Crippen molar-refractivity contribution in [3.05, 3.63) is 58.6 Å². The van der Waals surface area contributed by atoms with Crippen LogP contribution >= 0.6 is 12.6 Å². The van der Waals surface area contributed by atoms with Gasteiger partial charge in [-0.3, -0.25) is 4.79 Å². The number of nitrogens with zero attached hydrogens (tertiary/aromatic N) is 2. The van der Waals surface area contributed by atoms with Crippen LogP contribution in [-0.2, 0) is 14.3 Å². The number of rotatable bonds is 5. The molecule has 1 unspecified atom stereocenters. The van der Waals surface area contributed by atoms with Gasteiger partial charge in [0.25, 0.3) is 0 Å². The SMILES string of the molecule is C=CCOC(=O)C1C(C)=NC(S)=C(C#N)[C@H]1c1ccc(C(=O)OC)cc1. The van der Waals surface area contributed by atoms with Crippen molar-refractivity contribution in [3.8, 4) is 6.07 Å². The van der Waals surface area contributed by atoms with Crippen molar-refractivity contribution in [3.63, 3.8) is 0 Å². The van der Waals surface area contributed by atoms with Gasteiger partial charge < -0.3 is 9.47 Å². The molecule has 0 amide bonds. The molecule has 1 aromatic carbocycles. The molecule has 0 aromatic heterocycles. The lowest BCUT2D eigenvalue weighted by Crippen LogP contribution is -2.34. The maximum Gasteiger partial charge on any atom is 0.337 e. The van der Waals surface area contributed by atoms with E-state index in [0.29, 0.717) is 16.8 Å². The summed E-state index contributed by atoms with van der Waals surface area (Å²) in [7, 11) is 1.30. The fourth-order valence-electron chi connectivity index (χ4n) is 2.80. The number of carbonyl (C=O) groups is 2. The lowest BCUT2D eigenvalue weighted by Gasteiger charge is -2.29. The first-order valence-electron chi connectivity index (χ1n) is 7.78. The van der Waals surface area contributed by atoms with Crippen LogP contribution in [0.5, 0.6) is 0 Å². The highest BCUT2D eigenvalue weighted by Crippen LogP contribution is 2.40. The highest BCUT2D eigenvalue weighted by Gasteiger charge is 2.39. The molecule has 0 saturated heterocycles. The molecule has 0 aliphatic carbocycles. The standard InChI is InChI=1S/C19H18N2O4S/c1-4-9-25-19(23)15-11(2)21-17(26)14(10-20)16(15)12-5-7-13(8-6-12)18(22)24-3/h4-8,15-16,26H,1,9H2,2-3H3/t15?,16-/m1/s1. The first kappa shape index (κ1) is 19.5. The molecule has 1 heterocycles. The van der Waals surface area contributed by atoms with Crippen LogP contribution in [0.3, 0.4) is 0 Å². The van der Waals surface area contributed by atoms with Crippen molar-refractivity contribution in [2.75, 3.05) is 13.7 Å². The van der Waals surface area contributed by atoms with E-state index >= 15 is 0 Å². The molecule has 0 saturated carbocycles. The zero-order valence-electron chi connectivity index (χ0n) is 14.4. The largest absolute Gasteiger partial charge is 0.465 e. The number of carbonyl (C=O) groups excluding carboxylic acids is 2. The van der Waals surface area contributed by atoms with E-state index in [-0.39, 0.29) is 17.2 Å². The maximum atomic E-state index is 12.6. The number of nitriles is 1. The van der Waals surface area contributed by atoms with Crippen molar-refractivity contribution in [2.24, 2.45) is 10.9 Å². The Morgan fingerprint density at radius 1 is 1.38 bits per heavy atom. The second-order valence-corrected chi connectivity index (χ2v) is 6.01. The number of hydrogen-bond donors (Lipinski definition) is 1. The lowest BCUT2D eigenvalue weighted by molar-refractivity contribution is -0.145. The van der Waals surface area contributed by atoms with Gasteiger partial charge in [-0.1, -0.05) is 24.8 Å². The molecule has 26 heavy (non-hydrogen) atoms. The molecule has 2 atom stereocenters. The summed E-state index contributed by atoms with van der Waals surface area (Å²) < 4.78 is 9.88. The van der Waals surface area contributed by atoms with E-state index in [9.17, 15) is 14.9 Å². The fraction of sp³-hybridized carbons (Fsp3) is 0.263. The molecular weight excluding hydrogens is 352 g/mol. The summed E-state index contributed by atoms with van der Waals surface area (Å²) in [5.41, 5.74) is 1.82. The number of benzene rings is 1. The van der Waals surface area contributed by atoms with Crippen molar-refractivity contribution in [2.45, 2.75) is 12.8 Å². The number of thiol groups is 1. The van der Waals surface area contributed by atoms with Crippen molar-refractivity contribution >= 4 is 30.3 Å². The Morgan fingerprint density at radius 3 is 2.58 bits per heavy atom. The van der Waals surface area contributed by atoms with E-state index in [0.717, 1.165) is 0 Å². The van der Waals surface area contributed by atoms with Gasteiger partial charge in [-0.2, -0.15) is 5.26 Å². The quantitative estimate of drug-likeness (QED) is 0.489. The monoisotopic (exact) mass is 370 g/mol. The van der Waals surface area contributed by atoms with Gasteiger partial charge in [0.15, 0.2) is 0 Å². The molecule has 134 valence electrons. The van der Waals surface area contributed by atoms with Gasteiger partial charge in [-0.25, -0.2) is 9.79 Å². The van der Waals surface area contributed by atoms with Crippen molar-refractivity contribution in [1.82, 2.24) is 0 Å². The second-order valence-electron chi connectivity index (χ2n) is 5.59. The van der Waals surface area contributed by atoms with E-state index in [4.69, 9.17) is 4.74 Å². The summed E-state index contributed by atoms with van der Waals surface area (Å²) in [5, 5.41) is 9.83. The van der Waals surface area contributed by atoms with Gasteiger partial charge >= 0.3 is 11.9 Å². The van der Waals surface area contributed by atoms with Crippen molar-refractivity contribution < 1.29 is 19.1 Å². The third-order valence-electron chi connectivity index (χ3n) is 4.03. The number of hydrogen-bond acceptors (Lipinski definition) is 7. The second kappa shape index (κ2) is 8.50. The average molecular weight is 370 g/mol. The van der Waals surface area contributed by atoms with Crippen LogP contribution in [0.1, 0.15) is 28.8 Å². The maximum absolute atomic E-state index is 12.6. The van der Waals surface area contributed by atoms with Crippen LogP contribution < -0.4 is 0 Å². The molecule has 1 aliphatic rings. The molecule has 6 nitrogen and oxygen atoms in total. The summed E-state index contributed by atoms with van der Waals surface area (Å²) in [6.07, 6.45) is 1.47. The molecule has 1 aliphatic heterocycles. The predicted molar refractivity (Wildman–Crippen MR) is 99.9 cm³/mol. The number of methoxy groups -OCH3 is 1. The molecule has 0 bridgehead atoms. The van der Waals surface area contributed by atoms with Gasteiger partial charge in [0.05, 0.1) is 24.3 Å². The van der Waals surface area contributed by atoms with Gasteiger partial charge in [0.2, 0.25) is 0 Å². The van der Waals surface area contributed by atoms with Crippen LogP contribution in [-0.4, -0.2) is 31.4 Å². The molecule has 2 rings (SSSR count). The Bertz CT molecular complexity index is 834. The Balaban J connectivity index is 2.49. The topological polar surface area (TPSA) is 88.8 Å². The van der Waals surface area contributed by atoms with Crippen LogP contribution in [0.25, 0.3) is 0 Å². The predicted octanol–water partition coefficient (Wildman–Crippen LogP) is 3.04. The number of esters is 2. The van der Waals surface area contributed by atoms with Gasteiger partial charge in [-0.15, -0.1) is 12.6 Å². The Morgan fingerprint density at radius 2 is 2.04 bits per heavy atom. The summed E-state index contributed by atoms with van der Waals surface area (Å²) in [5.74, 6) is -2.33. The first-order chi connectivity index (χ1) is 12.4. The van der Waals surface area contributed by atoms with Gasteiger partial charge in [-0.05, 0) is 24.6 Å². The molecular formula is C19H18N2O4S. The first-order valence-corrected chi connectivity index (χ1v) is 8.23. The fourth-order valence-corrected chi connectivity index (χ4v) is 3.15. The van der Waals surface area contributed by atoms with Gasteiger partial charge in [0.1, 0.15) is 17.6 Å². The minimum atomic E-state index is -0.760. The zero-order valence-corrected chi connectivity index (χ0v) is 15.3. The summed E-state index contributed by atoms with van der Waals surface area (Å²) in [6, 6.07) is 8.62. The van der Waals surface area contributed by atoms with E-state index in [1.54, 1.807) is 31.2 Å². The minimum absolute atomic E-state index is 0.0654. The Labute approximate surface area is 157 Å².